The number of hydrogen-bond acceptors (Lipinski definition) is 4. The van der Waals surface area contributed by atoms with Crippen LogP contribution in [0.1, 0.15) is 33.6 Å². The van der Waals surface area contributed by atoms with Crippen LogP contribution < -0.4 is 5.32 Å². The fraction of sp³-hybridized carbons (Fsp3) is 1.00. The maximum atomic E-state index is 11.8. The van der Waals surface area contributed by atoms with Gasteiger partial charge in [-0.3, -0.25) is 5.32 Å². The molecular weight excluding hydrogens is 250 g/mol. The molecule has 2 fully saturated rings. The molecule has 96 valence electrons. The summed E-state index contributed by atoms with van der Waals surface area (Å²) in [6.45, 7) is 6.48. The molecule has 2 heterocycles. The molecule has 2 rings (SSSR count). The molecule has 2 atom stereocenters. The normalized spacial score (nSPS) is 40.6. The summed E-state index contributed by atoms with van der Waals surface area (Å²) < 4.78 is 29.4. The average molecular weight is 270 g/mol. The van der Waals surface area contributed by atoms with Crippen LogP contribution in [-0.2, 0) is 14.6 Å². The highest BCUT2D eigenvalue weighted by molar-refractivity contribution is 7.92. The molecule has 2 aliphatic heterocycles. The predicted molar refractivity (Wildman–Crippen MR) is 65.6 cm³/mol. The fourth-order valence-corrected chi connectivity index (χ4v) is 4.85. The van der Waals surface area contributed by atoms with Gasteiger partial charge in [-0.25, -0.2) is 8.42 Å². The van der Waals surface area contributed by atoms with Crippen LogP contribution in [0.2, 0.25) is 0 Å². The van der Waals surface area contributed by atoms with Gasteiger partial charge in [0.2, 0.25) is 0 Å². The molecule has 2 aliphatic rings. The molecule has 0 saturated carbocycles. The van der Waals surface area contributed by atoms with E-state index in [4.69, 9.17) is 4.74 Å². The molecule has 6 heteroatoms. The second-order valence-corrected chi connectivity index (χ2v) is 7.71. The third-order valence-corrected chi connectivity index (χ3v) is 5.67. The van der Waals surface area contributed by atoms with E-state index >= 15 is 0 Å². The van der Waals surface area contributed by atoms with Gasteiger partial charge in [-0.1, -0.05) is 0 Å². The van der Waals surface area contributed by atoms with Gasteiger partial charge in [0.1, 0.15) is 11.0 Å². The summed E-state index contributed by atoms with van der Waals surface area (Å²) in [6.07, 6.45) is 1.47. The van der Waals surface area contributed by atoms with Crippen molar-refractivity contribution in [1.29, 1.82) is 0 Å². The Morgan fingerprint density at radius 1 is 1.31 bits per heavy atom. The van der Waals surface area contributed by atoms with Crippen LogP contribution in [0.15, 0.2) is 0 Å². The maximum absolute atomic E-state index is 11.8. The highest BCUT2D eigenvalue weighted by atomic mass is 35.5. The van der Waals surface area contributed by atoms with Crippen LogP contribution in [0.3, 0.4) is 0 Å². The van der Waals surface area contributed by atoms with Crippen molar-refractivity contribution in [2.24, 2.45) is 0 Å². The molecular formula is C10H20ClNO3S. The van der Waals surface area contributed by atoms with Crippen molar-refractivity contribution in [3.05, 3.63) is 0 Å². The first kappa shape index (κ1) is 14.2. The lowest BCUT2D eigenvalue weighted by molar-refractivity contribution is 0.00258. The minimum Gasteiger partial charge on any atom is -0.358 e. The number of rotatable bonds is 1. The number of nitrogens with one attached hydrogen (secondary N) is 1. The van der Waals surface area contributed by atoms with Gasteiger partial charge in [-0.15, -0.1) is 12.4 Å². The third-order valence-electron chi connectivity index (χ3n) is 3.26. The van der Waals surface area contributed by atoms with Crippen molar-refractivity contribution in [3.8, 4) is 0 Å². The van der Waals surface area contributed by atoms with E-state index in [1.807, 2.05) is 20.8 Å². The van der Waals surface area contributed by atoms with Crippen LogP contribution in [0.5, 0.6) is 0 Å². The molecule has 2 saturated heterocycles. The number of ether oxygens (including phenoxy) is 1. The smallest absolute Gasteiger partial charge is 0.157 e. The van der Waals surface area contributed by atoms with Crippen LogP contribution >= 0.6 is 12.4 Å². The lowest BCUT2D eigenvalue weighted by Gasteiger charge is -2.31. The molecule has 0 bridgehead atoms. The van der Waals surface area contributed by atoms with Crippen molar-refractivity contribution < 1.29 is 13.2 Å². The summed E-state index contributed by atoms with van der Waals surface area (Å²) >= 11 is 0. The standard InChI is InChI=1S/C10H19NO3S.ClH/c1-9(2)7-14-10(3,11-9)8-5-4-6-15(8,12)13;/h8,11H,4-7H2,1-3H3;1H. The number of sulfone groups is 1. The summed E-state index contributed by atoms with van der Waals surface area (Å²) in [6, 6.07) is 0. The lowest BCUT2D eigenvalue weighted by atomic mass is 10.0. The topological polar surface area (TPSA) is 55.4 Å². The van der Waals surface area contributed by atoms with Gasteiger partial charge in [0.15, 0.2) is 9.84 Å². The van der Waals surface area contributed by atoms with Gasteiger partial charge < -0.3 is 4.74 Å². The minimum absolute atomic E-state index is 0. The van der Waals surface area contributed by atoms with E-state index < -0.39 is 15.6 Å². The van der Waals surface area contributed by atoms with Crippen LogP contribution in [-0.4, -0.2) is 37.3 Å². The number of hydrogen-bond donors (Lipinski definition) is 1. The quantitative estimate of drug-likeness (QED) is 0.775. The zero-order chi connectivity index (χ0) is 11.3. The van der Waals surface area contributed by atoms with Crippen molar-refractivity contribution in [2.45, 2.75) is 50.1 Å². The summed E-state index contributed by atoms with van der Waals surface area (Å²) in [5, 5.41) is 2.92. The van der Waals surface area contributed by atoms with E-state index in [9.17, 15) is 8.42 Å². The first-order valence-electron chi connectivity index (χ1n) is 5.40. The Morgan fingerprint density at radius 3 is 2.31 bits per heavy atom. The zero-order valence-corrected chi connectivity index (χ0v) is 11.6. The third kappa shape index (κ3) is 2.37. The highest BCUT2D eigenvalue weighted by Crippen LogP contribution is 2.35. The Hall–Kier alpha value is 0.160. The van der Waals surface area contributed by atoms with Crippen LogP contribution in [0.4, 0.5) is 0 Å². The molecule has 1 N–H and O–H groups in total. The van der Waals surface area contributed by atoms with E-state index in [0.717, 1.165) is 6.42 Å². The summed E-state index contributed by atoms with van der Waals surface area (Å²) in [5.41, 5.74) is -0.828. The molecule has 2 unspecified atom stereocenters. The first-order valence-corrected chi connectivity index (χ1v) is 7.12. The fourth-order valence-electron chi connectivity index (χ4n) is 2.66. The molecule has 0 aromatic carbocycles. The van der Waals surface area contributed by atoms with E-state index in [0.29, 0.717) is 18.8 Å². The van der Waals surface area contributed by atoms with Crippen molar-refractivity contribution >= 4 is 22.2 Å². The molecule has 0 aromatic rings. The van der Waals surface area contributed by atoms with E-state index in [1.54, 1.807) is 0 Å². The van der Waals surface area contributed by atoms with Gasteiger partial charge in [-0.2, -0.15) is 0 Å². The Bertz CT molecular complexity index is 368. The Balaban J connectivity index is 0.00000128. The number of halogens is 1. The van der Waals surface area contributed by atoms with Gasteiger partial charge >= 0.3 is 0 Å². The largest absolute Gasteiger partial charge is 0.358 e. The molecule has 4 nitrogen and oxygen atoms in total. The summed E-state index contributed by atoms with van der Waals surface area (Å²) in [7, 11) is -2.97. The molecule has 0 aliphatic carbocycles. The highest BCUT2D eigenvalue weighted by Gasteiger charge is 2.52. The Kier molecular flexibility index (Phi) is 3.66. The van der Waals surface area contributed by atoms with E-state index in [2.05, 4.69) is 5.32 Å². The summed E-state index contributed by atoms with van der Waals surface area (Å²) in [4.78, 5) is 0. The minimum atomic E-state index is -2.97. The second-order valence-electron chi connectivity index (χ2n) is 5.40. The second kappa shape index (κ2) is 4.12. The summed E-state index contributed by atoms with van der Waals surface area (Å²) in [5.74, 6) is 0.304. The monoisotopic (exact) mass is 269 g/mol. The van der Waals surface area contributed by atoms with Gasteiger partial charge in [0.25, 0.3) is 0 Å². The van der Waals surface area contributed by atoms with E-state index in [1.165, 1.54) is 0 Å². The molecule has 0 radical (unpaired) electrons. The van der Waals surface area contributed by atoms with Gasteiger partial charge in [0.05, 0.1) is 12.4 Å². The van der Waals surface area contributed by atoms with Gasteiger partial charge in [0, 0.05) is 5.54 Å². The molecule has 16 heavy (non-hydrogen) atoms. The maximum Gasteiger partial charge on any atom is 0.157 e. The Labute approximate surface area is 103 Å². The van der Waals surface area contributed by atoms with Crippen molar-refractivity contribution in [3.63, 3.8) is 0 Å². The zero-order valence-electron chi connectivity index (χ0n) is 9.95. The van der Waals surface area contributed by atoms with Crippen molar-refractivity contribution in [2.75, 3.05) is 12.4 Å². The SMILES string of the molecule is CC1(C)COC(C)(C2CCCS2(=O)=O)N1.Cl. The molecule has 0 aromatic heterocycles. The van der Waals surface area contributed by atoms with Gasteiger partial charge in [-0.05, 0) is 33.6 Å². The van der Waals surface area contributed by atoms with Crippen LogP contribution in [0, 0.1) is 0 Å². The first-order chi connectivity index (χ1) is 6.75. The predicted octanol–water partition coefficient (Wildman–Crippen LogP) is 1.10. The molecule has 0 amide bonds. The average Bonchev–Trinajstić information content (AvgIpc) is 2.53. The lowest BCUT2D eigenvalue weighted by Crippen LogP contribution is -2.55. The Morgan fingerprint density at radius 2 is 1.94 bits per heavy atom. The van der Waals surface area contributed by atoms with Crippen molar-refractivity contribution in [1.82, 2.24) is 5.32 Å². The molecule has 0 spiro atoms. The van der Waals surface area contributed by atoms with E-state index in [-0.39, 0.29) is 23.2 Å². The van der Waals surface area contributed by atoms with Crippen LogP contribution in [0.25, 0.3) is 0 Å².